The summed E-state index contributed by atoms with van der Waals surface area (Å²) < 4.78 is 11.9. The fraction of sp³-hybridized carbons (Fsp3) is 0.286. The van der Waals surface area contributed by atoms with Crippen molar-refractivity contribution in [3.8, 4) is 5.88 Å². The molecule has 0 saturated heterocycles. The maximum Gasteiger partial charge on any atom is 0.284 e. The zero-order valence-electron chi connectivity index (χ0n) is 12.0. The van der Waals surface area contributed by atoms with Gasteiger partial charge in [-0.1, -0.05) is 29.8 Å². The van der Waals surface area contributed by atoms with Crippen molar-refractivity contribution in [2.75, 3.05) is 0 Å². The first-order valence-electron chi connectivity index (χ1n) is 6.67. The van der Waals surface area contributed by atoms with E-state index in [2.05, 4.69) is 36.1 Å². The van der Waals surface area contributed by atoms with Gasteiger partial charge in [0.25, 0.3) is 10.7 Å². The average molecular weight is 381 g/mol. The van der Waals surface area contributed by atoms with Crippen LogP contribution in [0.4, 0.5) is 0 Å². The summed E-state index contributed by atoms with van der Waals surface area (Å²) in [7, 11) is 0. The van der Waals surface area contributed by atoms with Crippen LogP contribution in [0, 0.1) is 4.84 Å². The maximum atomic E-state index is 5.77. The molecule has 0 bridgehead atoms. The first kappa shape index (κ1) is 15.1. The normalized spacial score (nSPS) is 11.3. The molecule has 0 aliphatic rings. The van der Waals surface area contributed by atoms with Gasteiger partial charge in [-0.3, -0.25) is 0 Å². The summed E-state index contributed by atoms with van der Waals surface area (Å²) in [6.07, 6.45) is 0. The first-order chi connectivity index (χ1) is 10.5. The number of benzene rings is 1. The number of halogens is 1. The Morgan fingerprint density at radius 1 is 1.36 bits per heavy atom. The number of fused-ring (bicyclic) bond motifs is 1. The highest BCUT2D eigenvalue weighted by atomic mass is 79.9. The average Bonchev–Trinajstić information content (AvgIpc) is 2.90. The van der Waals surface area contributed by atoms with Crippen molar-refractivity contribution in [3.05, 3.63) is 39.2 Å². The number of hydrogen-bond donors (Lipinski definition) is 1. The van der Waals surface area contributed by atoms with E-state index in [-0.39, 0.29) is 17.4 Å². The smallest absolute Gasteiger partial charge is 0.284 e. The Bertz CT molecular complexity index is 875. The molecule has 8 heteroatoms. The van der Waals surface area contributed by atoms with Crippen molar-refractivity contribution in [3.63, 3.8) is 0 Å². The molecule has 1 aromatic carbocycles. The number of ether oxygens (including phenoxy) is 1. The Labute approximate surface area is 140 Å². The standard InChI is InChI=1S/C14H13BrN4O2S/c1-7(2)12-16-10-4-3-8(15)5-9(10)13(17-12)20-6-11-18-19-14(22)21-11/h3-5,7H,6H2,1-2H3,(H,19,22). The quantitative estimate of drug-likeness (QED) is 0.685. The van der Waals surface area contributed by atoms with Crippen LogP contribution in [0.1, 0.15) is 31.5 Å². The molecular formula is C14H13BrN4O2S. The molecule has 0 aliphatic heterocycles. The third kappa shape index (κ3) is 3.17. The predicted molar refractivity (Wildman–Crippen MR) is 87.3 cm³/mol. The van der Waals surface area contributed by atoms with Gasteiger partial charge >= 0.3 is 0 Å². The van der Waals surface area contributed by atoms with E-state index >= 15 is 0 Å². The van der Waals surface area contributed by atoms with Crippen LogP contribution in [-0.4, -0.2) is 20.2 Å². The van der Waals surface area contributed by atoms with Crippen LogP contribution in [0.5, 0.6) is 5.88 Å². The number of nitrogens with one attached hydrogen (secondary N) is 1. The van der Waals surface area contributed by atoms with E-state index in [0.29, 0.717) is 11.8 Å². The van der Waals surface area contributed by atoms with Gasteiger partial charge < -0.3 is 9.15 Å². The zero-order chi connectivity index (χ0) is 15.7. The highest BCUT2D eigenvalue weighted by molar-refractivity contribution is 9.10. The molecule has 0 radical (unpaired) electrons. The predicted octanol–water partition coefficient (Wildman–Crippen LogP) is 4.14. The van der Waals surface area contributed by atoms with Crippen molar-refractivity contribution in [1.82, 2.24) is 20.2 Å². The summed E-state index contributed by atoms with van der Waals surface area (Å²) in [5.41, 5.74) is 0.833. The summed E-state index contributed by atoms with van der Waals surface area (Å²) in [6, 6.07) is 5.80. The molecule has 3 aromatic rings. The molecule has 22 heavy (non-hydrogen) atoms. The molecular weight excluding hydrogens is 368 g/mol. The minimum atomic E-state index is 0.142. The second-order valence-corrected chi connectivity index (χ2v) is 6.29. The molecule has 1 N–H and O–H groups in total. The fourth-order valence-corrected chi connectivity index (χ4v) is 2.41. The maximum absolute atomic E-state index is 5.77. The molecule has 2 aromatic heterocycles. The minimum Gasteiger partial charge on any atom is -0.467 e. The third-order valence-corrected chi connectivity index (χ3v) is 3.64. The lowest BCUT2D eigenvalue weighted by Crippen LogP contribution is -2.04. The summed E-state index contributed by atoms with van der Waals surface area (Å²) >= 11 is 8.29. The van der Waals surface area contributed by atoms with E-state index in [4.69, 9.17) is 21.4 Å². The van der Waals surface area contributed by atoms with Crippen LogP contribution in [-0.2, 0) is 6.61 Å². The molecule has 0 unspecified atom stereocenters. The molecule has 0 aliphatic carbocycles. The van der Waals surface area contributed by atoms with Gasteiger partial charge in [-0.25, -0.2) is 10.1 Å². The molecule has 3 rings (SSSR count). The number of H-pyrrole nitrogens is 1. The highest BCUT2D eigenvalue weighted by Gasteiger charge is 2.13. The summed E-state index contributed by atoms with van der Waals surface area (Å²) in [5.74, 6) is 1.80. The van der Waals surface area contributed by atoms with Gasteiger partial charge in [0, 0.05) is 10.4 Å². The molecule has 0 amide bonds. The second kappa shape index (κ2) is 6.13. The molecule has 0 spiro atoms. The Balaban J connectivity index is 2.01. The molecule has 6 nitrogen and oxygen atoms in total. The van der Waals surface area contributed by atoms with E-state index < -0.39 is 0 Å². The Kier molecular flexibility index (Phi) is 4.21. The van der Waals surface area contributed by atoms with Crippen LogP contribution in [0.25, 0.3) is 10.9 Å². The van der Waals surface area contributed by atoms with Gasteiger partial charge in [-0.2, -0.15) is 4.98 Å². The molecule has 0 fully saturated rings. The van der Waals surface area contributed by atoms with E-state index in [1.807, 2.05) is 32.0 Å². The van der Waals surface area contributed by atoms with Gasteiger partial charge in [0.05, 0.1) is 10.9 Å². The molecule has 2 heterocycles. The van der Waals surface area contributed by atoms with Crippen LogP contribution in [0.2, 0.25) is 0 Å². The number of aromatic nitrogens is 4. The van der Waals surface area contributed by atoms with E-state index in [0.717, 1.165) is 21.2 Å². The van der Waals surface area contributed by atoms with Crippen molar-refractivity contribution >= 4 is 39.1 Å². The summed E-state index contributed by atoms with van der Waals surface area (Å²) in [5, 5.41) is 7.30. The first-order valence-corrected chi connectivity index (χ1v) is 7.87. The lowest BCUT2D eigenvalue weighted by atomic mass is 10.2. The van der Waals surface area contributed by atoms with Crippen molar-refractivity contribution in [2.45, 2.75) is 26.4 Å². The second-order valence-electron chi connectivity index (χ2n) is 5.00. The van der Waals surface area contributed by atoms with E-state index in [1.165, 1.54) is 0 Å². The van der Waals surface area contributed by atoms with Crippen LogP contribution in [0.3, 0.4) is 0 Å². The van der Waals surface area contributed by atoms with Crippen LogP contribution >= 0.6 is 28.1 Å². The Morgan fingerprint density at radius 2 is 2.18 bits per heavy atom. The van der Waals surface area contributed by atoms with Gasteiger partial charge in [0.1, 0.15) is 5.82 Å². The zero-order valence-corrected chi connectivity index (χ0v) is 14.4. The van der Waals surface area contributed by atoms with Gasteiger partial charge in [-0.15, -0.1) is 5.10 Å². The lowest BCUT2D eigenvalue weighted by molar-refractivity contribution is 0.254. The largest absolute Gasteiger partial charge is 0.467 e. The van der Waals surface area contributed by atoms with E-state index in [1.54, 1.807) is 0 Å². The fourth-order valence-electron chi connectivity index (χ4n) is 1.91. The van der Waals surface area contributed by atoms with Crippen molar-refractivity contribution in [2.24, 2.45) is 0 Å². The molecule has 0 saturated carbocycles. The Hall–Kier alpha value is -1.80. The van der Waals surface area contributed by atoms with Crippen molar-refractivity contribution < 1.29 is 9.15 Å². The molecule has 0 atom stereocenters. The third-order valence-electron chi connectivity index (χ3n) is 2.97. The summed E-state index contributed by atoms with van der Waals surface area (Å²) in [4.78, 5) is 9.28. The van der Waals surface area contributed by atoms with Gasteiger partial charge in [0.15, 0.2) is 6.61 Å². The summed E-state index contributed by atoms with van der Waals surface area (Å²) in [6.45, 7) is 4.22. The van der Waals surface area contributed by atoms with Crippen molar-refractivity contribution in [1.29, 1.82) is 0 Å². The van der Waals surface area contributed by atoms with E-state index in [9.17, 15) is 0 Å². The monoisotopic (exact) mass is 380 g/mol. The topological polar surface area (TPSA) is 76.8 Å². The number of hydrogen-bond acceptors (Lipinski definition) is 6. The van der Waals surface area contributed by atoms with Crippen LogP contribution < -0.4 is 4.74 Å². The number of aromatic amines is 1. The SMILES string of the molecule is CC(C)c1nc(OCc2n[nH]c(=S)o2)c2cc(Br)ccc2n1. The van der Waals surface area contributed by atoms with Gasteiger partial charge in [0.2, 0.25) is 5.88 Å². The highest BCUT2D eigenvalue weighted by Crippen LogP contribution is 2.28. The van der Waals surface area contributed by atoms with Crippen LogP contribution in [0.15, 0.2) is 27.1 Å². The number of nitrogens with zero attached hydrogens (tertiary/aromatic N) is 3. The Morgan fingerprint density at radius 3 is 2.86 bits per heavy atom. The minimum absolute atomic E-state index is 0.142. The van der Waals surface area contributed by atoms with Gasteiger partial charge in [-0.05, 0) is 30.4 Å². The number of rotatable bonds is 4. The molecule has 114 valence electrons. The lowest BCUT2D eigenvalue weighted by Gasteiger charge is -2.11.